The lowest BCUT2D eigenvalue weighted by Gasteiger charge is -2.10. The van der Waals surface area contributed by atoms with Crippen LogP contribution in [0.5, 0.6) is 0 Å². The second kappa shape index (κ2) is 7.35. The molecular formula is C18H13FN4OS2. The number of nitrogens with zero attached hydrogens (tertiary/aromatic N) is 4. The van der Waals surface area contributed by atoms with Gasteiger partial charge in [-0.25, -0.2) is 9.97 Å². The zero-order valence-corrected chi connectivity index (χ0v) is 15.1. The molecule has 4 aromatic rings. The van der Waals surface area contributed by atoms with Crippen LogP contribution in [-0.4, -0.2) is 31.9 Å². The Labute approximate surface area is 156 Å². The van der Waals surface area contributed by atoms with Crippen LogP contribution < -0.4 is 5.56 Å². The van der Waals surface area contributed by atoms with Gasteiger partial charge in [0.15, 0.2) is 5.65 Å². The number of halogens is 1. The normalized spacial score (nSPS) is 11.1. The topological polar surface area (TPSA) is 60.7 Å². The summed E-state index contributed by atoms with van der Waals surface area (Å²) in [6.07, 6.45) is 4.87. The molecule has 4 rings (SSSR count). The minimum Gasteiger partial charge on any atom is -0.267 e. The molecule has 26 heavy (non-hydrogen) atoms. The Bertz CT molecular complexity index is 1110. The molecule has 0 saturated heterocycles. The number of alkyl halides is 1. The van der Waals surface area contributed by atoms with Crippen LogP contribution in [0.25, 0.3) is 26.6 Å². The first-order valence-corrected chi connectivity index (χ1v) is 9.65. The lowest BCUT2D eigenvalue weighted by molar-refractivity contribution is 0.533. The van der Waals surface area contributed by atoms with Crippen molar-refractivity contribution in [1.29, 1.82) is 0 Å². The maximum atomic E-state index is 13.0. The molecule has 0 aliphatic rings. The van der Waals surface area contributed by atoms with Gasteiger partial charge in [0.2, 0.25) is 0 Å². The zero-order valence-electron chi connectivity index (χ0n) is 13.5. The van der Waals surface area contributed by atoms with Gasteiger partial charge in [0.25, 0.3) is 5.56 Å². The van der Waals surface area contributed by atoms with Crippen LogP contribution in [0.1, 0.15) is 0 Å². The van der Waals surface area contributed by atoms with Gasteiger partial charge < -0.3 is 0 Å². The lowest BCUT2D eigenvalue weighted by Crippen LogP contribution is -2.18. The van der Waals surface area contributed by atoms with Gasteiger partial charge >= 0.3 is 0 Å². The van der Waals surface area contributed by atoms with E-state index < -0.39 is 6.67 Å². The van der Waals surface area contributed by atoms with Crippen LogP contribution in [0.15, 0.2) is 64.8 Å². The smallest absolute Gasteiger partial charge is 0.267 e. The van der Waals surface area contributed by atoms with Gasteiger partial charge in [-0.3, -0.25) is 18.7 Å². The zero-order chi connectivity index (χ0) is 17.9. The number of thioether (sulfide) groups is 1. The van der Waals surface area contributed by atoms with Gasteiger partial charge in [0.1, 0.15) is 16.0 Å². The molecule has 0 aliphatic carbocycles. The molecule has 0 spiro atoms. The maximum Gasteiger partial charge on any atom is 0.277 e. The third-order valence-corrected chi connectivity index (χ3v) is 5.78. The number of pyridine rings is 1. The quantitative estimate of drug-likeness (QED) is 0.487. The number of para-hydroxylation sites is 1. The maximum absolute atomic E-state index is 13.0. The Morgan fingerprint density at radius 3 is 2.88 bits per heavy atom. The van der Waals surface area contributed by atoms with Crippen molar-refractivity contribution in [1.82, 2.24) is 19.5 Å². The minimum atomic E-state index is -0.422. The molecule has 0 unspecified atom stereocenters. The first kappa shape index (κ1) is 16.9. The van der Waals surface area contributed by atoms with Crippen molar-refractivity contribution < 1.29 is 4.39 Å². The van der Waals surface area contributed by atoms with Crippen molar-refractivity contribution in [3.63, 3.8) is 0 Å². The van der Waals surface area contributed by atoms with E-state index in [0.717, 1.165) is 10.5 Å². The van der Waals surface area contributed by atoms with Crippen LogP contribution in [-0.2, 0) is 0 Å². The molecule has 0 amide bonds. The molecular weight excluding hydrogens is 371 g/mol. The highest BCUT2D eigenvalue weighted by Gasteiger charge is 2.14. The number of hydrogen-bond donors (Lipinski definition) is 0. The Hall–Kier alpha value is -2.58. The number of benzene rings is 1. The monoisotopic (exact) mass is 384 g/mol. The predicted molar refractivity (Wildman–Crippen MR) is 103 cm³/mol. The fourth-order valence-corrected chi connectivity index (χ4v) is 4.25. The van der Waals surface area contributed by atoms with Crippen molar-refractivity contribution in [2.45, 2.75) is 4.90 Å². The summed E-state index contributed by atoms with van der Waals surface area (Å²) < 4.78 is 14.5. The molecule has 0 aliphatic heterocycles. The standard InChI is InChI=1S/C18H13FN4OS2/c19-7-9-25-14-6-2-1-5-13(14)23-11-21-16-15(18(23)24)26-17(22-16)12-4-3-8-20-10-12/h1-6,8,10-11H,7,9H2. The highest BCUT2D eigenvalue weighted by molar-refractivity contribution is 7.99. The largest absolute Gasteiger partial charge is 0.277 e. The lowest BCUT2D eigenvalue weighted by atomic mass is 10.3. The molecule has 0 saturated carbocycles. The minimum absolute atomic E-state index is 0.184. The summed E-state index contributed by atoms with van der Waals surface area (Å²) in [6, 6.07) is 11.1. The van der Waals surface area contributed by atoms with Crippen LogP contribution in [0.4, 0.5) is 4.39 Å². The Morgan fingerprint density at radius 1 is 1.19 bits per heavy atom. The van der Waals surface area contributed by atoms with Crippen molar-refractivity contribution in [2.24, 2.45) is 0 Å². The number of thiazole rings is 1. The van der Waals surface area contributed by atoms with E-state index >= 15 is 0 Å². The fourth-order valence-electron chi connectivity index (χ4n) is 2.52. The molecule has 3 heterocycles. The third-order valence-electron chi connectivity index (χ3n) is 3.69. The van der Waals surface area contributed by atoms with E-state index in [9.17, 15) is 9.18 Å². The van der Waals surface area contributed by atoms with Gasteiger partial charge in [-0.15, -0.1) is 23.1 Å². The summed E-state index contributed by atoms with van der Waals surface area (Å²) in [5.74, 6) is 0.340. The van der Waals surface area contributed by atoms with E-state index in [4.69, 9.17) is 0 Å². The SMILES string of the molecule is O=c1c2sc(-c3cccnc3)nc2ncn1-c1ccccc1SCCF. The third kappa shape index (κ3) is 3.13. The van der Waals surface area contributed by atoms with Crippen LogP contribution in [0, 0.1) is 0 Å². The molecule has 0 N–H and O–H groups in total. The summed E-state index contributed by atoms with van der Waals surface area (Å²) in [7, 11) is 0. The first-order chi connectivity index (χ1) is 12.8. The van der Waals surface area contributed by atoms with Crippen molar-refractivity contribution >= 4 is 33.4 Å². The predicted octanol–water partition coefficient (Wildman–Crippen LogP) is 3.97. The average Bonchev–Trinajstić information content (AvgIpc) is 3.13. The van der Waals surface area contributed by atoms with Crippen LogP contribution in [0.2, 0.25) is 0 Å². The molecule has 130 valence electrons. The molecule has 1 aromatic carbocycles. The number of rotatable bonds is 5. The molecule has 0 fully saturated rings. The van der Waals surface area contributed by atoms with Gasteiger partial charge in [0, 0.05) is 28.6 Å². The summed E-state index contributed by atoms with van der Waals surface area (Å²) in [5.41, 5.74) is 1.78. The van der Waals surface area contributed by atoms with Gasteiger partial charge in [-0.05, 0) is 24.3 Å². The fraction of sp³-hybridized carbons (Fsp3) is 0.111. The second-order valence-electron chi connectivity index (χ2n) is 5.34. The van der Waals surface area contributed by atoms with E-state index in [1.807, 2.05) is 36.4 Å². The van der Waals surface area contributed by atoms with E-state index in [1.54, 1.807) is 12.4 Å². The number of aromatic nitrogens is 4. The van der Waals surface area contributed by atoms with Crippen molar-refractivity contribution in [2.75, 3.05) is 12.4 Å². The van der Waals surface area contributed by atoms with Gasteiger partial charge in [-0.2, -0.15) is 0 Å². The first-order valence-electron chi connectivity index (χ1n) is 7.84. The van der Waals surface area contributed by atoms with Gasteiger partial charge in [-0.1, -0.05) is 12.1 Å². The summed E-state index contributed by atoms with van der Waals surface area (Å²) >= 11 is 2.67. The highest BCUT2D eigenvalue weighted by atomic mass is 32.2. The van der Waals surface area contributed by atoms with Crippen molar-refractivity contribution in [3.05, 3.63) is 65.5 Å². The average molecular weight is 384 g/mol. The number of fused-ring (bicyclic) bond motifs is 1. The van der Waals surface area contributed by atoms with E-state index in [0.29, 0.717) is 26.8 Å². The van der Waals surface area contributed by atoms with E-state index in [-0.39, 0.29) is 5.56 Å². The van der Waals surface area contributed by atoms with Crippen molar-refractivity contribution in [3.8, 4) is 16.3 Å². The molecule has 0 bridgehead atoms. The molecule has 3 aromatic heterocycles. The van der Waals surface area contributed by atoms with Crippen LogP contribution >= 0.6 is 23.1 Å². The summed E-state index contributed by atoms with van der Waals surface area (Å²) in [5, 5.41) is 0.704. The molecule has 0 atom stereocenters. The Morgan fingerprint density at radius 2 is 2.08 bits per heavy atom. The molecule has 5 nitrogen and oxygen atoms in total. The second-order valence-corrected chi connectivity index (χ2v) is 7.47. The Kier molecular flexibility index (Phi) is 4.77. The molecule has 0 radical (unpaired) electrons. The number of hydrogen-bond acceptors (Lipinski definition) is 6. The van der Waals surface area contributed by atoms with E-state index in [2.05, 4.69) is 15.0 Å². The van der Waals surface area contributed by atoms with Gasteiger partial charge in [0.05, 0.1) is 12.4 Å². The van der Waals surface area contributed by atoms with Crippen LogP contribution in [0.3, 0.4) is 0 Å². The summed E-state index contributed by atoms with van der Waals surface area (Å²) in [6.45, 7) is -0.422. The Balaban J connectivity index is 1.83. The van der Waals surface area contributed by atoms with E-state index in [1.165, 1.54) is 34.0 Å². The summed E-state index contributed by atoms with van der Waals surface area (Å²) in [4.78, 5) is 26.7. The highest BCUT2D eigenvalue weighted by Crippen LogP contribution is 2.28. The molecule has 8 heteroatoms.